The lowest BCUT2D eigenvalue weighted by Crippen LogP contribution is -2.28. The molecule has 2 aromatic carbocycles. The number of hydrogen-bond acceptors (Lipinski definition) is 8. The molecule has 0 unspecified atom stereocenters. The molecule has 0 saturated carbocycles. The highest BCUT2D eigenvalue weighted by atomic mass is 35.5. The minimum atomic E-state index is -3.71. The zero-order valence-electron chi connectivity index (χ0n) is 19.9. The maximum absolute atomic E-state index is 12.6. The standard InChI is InChI=1S/C23H24Cl2N4O7S/c1-29-13-21(26-14-29)37(32,33)27-7-8-35-9-10-36-16-4-6-20(18(12-16)23(31)34-2)28-22(30)17-5-3-15(24)11-19(17)25/h3-6,11-14,27H,7-10H2,1-2H3,(H,28,30). The number of esters is 1. The van der Waals surface area contributed by atoms with E-state index < -0.39 is 21.9 Å². The number of amides is 1. The van der Waals surface area contributed by atoms with Crippen molar-refractivity contribution in [2.75, 3.05) is 38.8 Å². The molecule has 0 aliphatic carbocycles. The molecule has 0 aliphatic heterocycles. The number of rotatable bonds is 12. The zero-order chi connectivity index (χ0) is 27.0. The summed E-state index contributed by atoms with van der Waals surface area (Å²) in [5.41, 5.74) is 0.455. The lowest BCUT2D eigenvalue weighted by Gasteiger charge is -2.13. The van der Waals surface area contributed by atoms with E-state index in [9.17, 15) is 18.0 Å². The van der Waals surface area contributed by atoms with Gasteiger partial charge in [-0.3, -0.25) is 4.79 Å². The molecule has 1 aromatic heterocycles. The number of hydrogen-bond donors (Lipinski definition) is 2. The molecule has 0 radical (unpaired) electrons. The summed E-state index contributed by atoms with van der Waals surface area (Å²) in [6, 6.07) is 8.92. The van der Waals surface area contributed by atoms with Crippen LogP contribution in [-0.2, 0) is 26.5 Å². The van der Waals surface area contributed by atoms with Gasteiger partial charge in [-0.15, -0.1) is 0 Å². The lowest BCUT2D eigenvalue weighted by atomic mass is 10.1. The SMILES string of the molecule is COC(=O)c1cc(OCCOCCNS(=O)(=O)c2cn(C)cn2)ccc1NC(=O)c1ccc(Cl)cc1Cl. The molecule has 198 valence electrons. The van der Waals surface area contributed by atoms with Gasteiger partial charge < -0.3 is 24.1 Å². The summed E-state index contributed by atoms with van der Waals surface area (Å²) in [5, 5.41) is 3.11. The second kappa shape index (κ2) is 12.9. The topological polar surface area (TPSA) is 138 Å². The first-order chi connectivity index (χ1) is 17.6. The number of ether oxygens (including phenoxy) is 3. The minimum absolute atomic E-state index is 0.0530. The number of aromatic nitrogens is 2. The molecule has 14 heteroatoms. The number of benzene rings is 2. The highest BCUT2D eigenvalue weighted by Gasteiger charge is 2.18. The average Bonchev–Trinajstić information content (AvgIpc) is 3.30. The van der Waals surface area contributed by atoms with Gasteiger partial charge in [-0.05, 0) is 36.4 Å². The van der Waals surface area contributed by atoms with Crippen molar-refractivity contribution in [2.45, 2.75) is 5.03 Å². The normalized spacial score (nSPS) is 11.2. The fourth-order valence-corrected chi connectivity index (χ4v) is 4.52. The fraction of sp³-hybridized carbons (Fsp3) is 0.261. The molecule has 3 aromatic rings. The number of sulfonamides is 1. The van der Waals surface area contributed by atoms with Crippen LogP contribution in [0.1, 0.15) is 20.7 Å². The summed E-state index contributed by atoms with van der Waals surface area (Å²) in [6.45, 7) is 0.449. The monoisotopic (exact) mass is 570 g/mol. The number of carbonyl (C=O) groups excluding carboxylic acids is 2. The molecule has 0 atom stereocenters. The van der Waals surface area contributed by atoms with Crippen LogP contribution in [0.15, 0.2) is 53.9 Å². The Kier molecular flexibility index (Phi) is 9.89. The number of aryl methyl sites for hydroxylation is 1. The molecule has 1 amide bonds. The minimum Gasteiger partial charge on any atom is -0.491 e. The van der Waals surface area contributed by atoms with E-state index in [1.165, 1.54) is 54.5 Å². The Labute approximate surface area is 223 Å². The molecule has 0 saturated heterocycles. The molecule has 11 nitrogen and oxygen atoms in total. The van der Waals surface area contributed by atoms with Crippen LogP contribution in [0.4, 0.5) is 5.69 Å². The molecular weight excluding hydrogens is 547 g/mol. The first-order valence-corrected chi connectivity index (χ1v) is 13.0. The van der Waals surface area contributed by atoms with Gasteiger partial charge in [0.1, 0.15) is 12.4 Å². The molecule has 2 N–H and O–H groups in total. The van der Waals surface area contributed by atoms with Gasteiger partial charge in [0.15, 0.2) is 5.03 Å². The number of imidazole rings is 1. The number of nitrogens with zero attached hydrogens (tertiary/aromatic N) is 2. The molecule has 3 rings (SSSR count). The van der Waals surface area contributed by atoms with E-state index in [4.69, 9.17) is 37.4 Å². The highest BCUT2D eigenvalue weighted by molar-refractivity contribution is 7.89. The van der Waals surface area contributed by atoms with Crippen LogP contribution in [-0.4, -0.2) is 63.3 Å². The van der Waals surface area contributed by atoms with Crippen molar-refractivity contribution in [2.24, 2.45) is 7.05 Å². The van der Waals surface area contributed by atoms with Gasteiger partial charge in [-0.2, -0.15) is 0 Å². The summed E-state index contributed by atoms with van der Waals surface area (Å²) in [4.78, 5) is 28.7. The third-order valence-electron chi connectivity index (χ3n) is 4.81. The summed E-state index contributed by atoms with van der Waals surface area (Å²) < 4.78 is 43.9. The van der Waals surface area contributed by atoms with Crippen molar-refractivity contribution in [3.05, 3.63) is 70.1 Å². The van der Waals surface area contributed by atoms with Crippen molar-refractivity contribution >= 4 is 50.8 Å². The Balaban J connectivity index is 1.51. The summed E-state index contributed by atoms with van der Waals surface area (Å²) in [5.74, 6) is -0.880. The predicted molar refractivity (Wildman–Crippen MR) is 137 cm³/mol. The first-order valence-electron chi connectivity index (χ1n) is 10.8. The van der Waals surface area contributed by atoms with E-state index in [1.54, 1.807) is 13.1 Å². The third-order valence-corrected chi connectivity index (χ3v) is 6.71. The first kappa shape index (κ1) is 28.4. The quantitative estimate of drug-likeness (QED) is 0.250. The number of carbonyl (C=O) groups is 2. The Hall–Kier alpha value is -3.16. The summed E-state index contributed by atoms with van der Waals surface area (Å²) in [7, 11) is -0.819. The van der Waals surface area contributed by atoms with Crippen molar-refractivity contribution in [3.63, 3.8) is 0 Å². The van der Waals surface area contributed by atoms with Crippen molar-refractivity contribution in [3.8, 4) is 5.75 Å². The molecule has 0 spiro atoms. The van der Waals surface area contributed by atoms with E-state index in [0.717, 1.165) is 0 Å². The molecule has 1 heterocycles. The lowest BCUT2D eigenvalue weighted by molar-refractivity contribution is 0.0601. The number of nitrogens with one attached hydrogen (secondary N) is 2. The van der Waals surface area contributed by atoms with Crippen molar-refractivity contribution in [1.82, 2.24) is 14.3 Å². The van der Waals surface area contributed by atoms with Crippen LogP contribution in [0, 0.1) is 0 Å². The Bertz CT molecular complexity index is 1380. The fourth-order valence-electron chi connectivity index (χ4n) is 3.03. The zero-order valence-corrected chi connectivity index (χ0v) is 22.2. The third kappa shape index (κ3) is 7.91. The van der Waals surface area contributed by atoms with Crippen LogP contribution in [0.25, 0.3) is 0 Å². The van der Waals surface area contributed by atoms with Gasteiger partial charge in [-0.25, -0.2) is 22.9 Å². The Morgan fingerprint density at radius 3 is 2.51 bits per heavy atom. The molecule has 37 heavy (non-hydrogen) atoms. The summed E-state index contributed by atoms with van der Waals surface area (Å²) >= 11 is 12.0. The van der Waals surface area contributed by atoms with E-state index in [2.05, 4.69) is 15.0 Å². The molecule has 0 aliphatic rings. The van der Waals surface area contributed by atoms with Gasteiger partial charge in [0.2, 0.25) is 0 Å². The van der Waals surface area contributed by atoms with Crippen LogP contribution in [0.5, 0.6) is 5.75 Å². The second-order valence-electron chi connectivity index (χ2n) is 7.51. The largest absolute Gasteiger partial charge is 0.491 e. The maximum atomic E-state index is 12.6. The van der Waals surface area contributed by atoms with Gasteiger partial charge in [0.05, 0.1) is 48.5 Å². The number of methoxy groups -OCH3 is 1. The van der Waals surface area contributed by atoms with Crippen LogP contribution in [0.2, 0.25) is 10.0 Å². The molecule has 0 bridgehead atoms. The van der Waals surface area contributed by atoms with Gasteiger partial charge >= 0.3 is 5.97 Å². The smallest absolute Gasteiger partial charge is 0.340 e. The highest BCUT2D eigenvalue weighted by Crippen LogP contribution is 2.26. The van der Waals surface area contributed by atoms with Crippen molar-refractivity contribution < 1.29 is 32.2 Å². The van der Waals surface area contributed by atoms with Crippen LogP contribution < -0.4 is 14.8 Å². The predicted octanol–water partition coefficient (Wildman–Crippen LogP) is 3.14. The Morgan fingerprint density at radius 2 is 1.84 bits per heavy atom. The van der Waals surface area contributed by atoms with Crippen LogP contribution in [0.3, 0.4) is 0 Å². The van der Waals surface area contributed by atoms with Gasteiger partial charge in [0.25, 0.3) is 15.9 Å². The maximum Gasteiger partial charge on any atom is 0.340 e. The molecular formula is C23H24Cl2N4O7S. The Morgan fingerprint density at radius 1 is 1.05 bits per heavy atom. The second-order valence-corrected chi connectivity index (χ2v) is 10.1. The van der Waals surface area contributed by atoms with Crippen LogP contribution >= 0.6 is 23.2 Å². The number of halogens is 2. The van der Waals surface area contributed by atoms with Gasteiger partial charge in [-0.1, -0.05) is 23.2 Å². The van der Waals surface area contributed by atoms with E-state index in [0.29, 0.717) is 10.8 Å². The van der Waals surface area contributed by atoms with Gasteiger partial charge in [0, 0.05) is 24.8 Å². The number of anilines is 1. The summed E-state index contributed by atoms with van der Waals surface area (Å²) in [6.07, 6.45) is 2.78. The van der Waals surface area contributed by atoms with E-state index >= 15 is 0 Å². The van der Waals surface area contributed by atoms with Crippen molar-refractivity contribution in [1.29, 1.82) is 0 Å². The van der Waals surface area contributed by atoms with E-state index in [1.807, 2.05) is 0 Å². The van der Waals surface area contributed by atoms with E-state index in [-0.39, 0.29) is 53.2 Å². The average molecular weight is 571 g/mol. The molecule has 0 fully saturated rings.